The summed E-state index contributed by atoms with van der Waals surface area (Å²) in [5.74, 6) is 0.0354. The number of hydrogen-bond donors (Lipinski definition) is 0. The zero-order chi connectivity index (χ0) is 13.3. The maximum Gasteiger partial charge on any atom is 0.256 e. The molecule has 18 heavy (non-hydrogen) atoms. The van der Waals surface area contributed by atoms with Gasteiger partial charge < -0.3 is 4.57 Å². The van der Waals surface area contributed by atoms with Gasteiger partial charge in [0.25, 0.3) is 6.43 Å². The molecule has 0 aliphatic rings. The highest BCUT2D eigenvalue weighted by atomic mass is 35.5. The maximum atomic E-state index is 13.3. The summed E-state index contributed by atoms with van der Waals surface area (Å²) in [6.45, 7) is -0.509. The Kier molecular flexibility index (Phi) is 4.02. The lowest BCUT2D eigenvalue weighted by molar-refractivity contribution is 0.127. The van der Waals surface area contributed by atoms with E-state index in [1.165, 1.54) is 10.6 Å². The van der Waals surface area contributed by atoms with E-state index >= 15 is 0 Å². The molecule has 2 aromatic rings. The Hall–Kier alpha value is -0.940. The van der Waals surface area contributed by atoms with Gasteiger partial charge in [-0.2, -0.15) is 0 Å². The molecule has 0 aliphatic carbocycles. The fraction of sp³-hybridized carbons (Fsp3) is 0.364. The second-order valence-corrected chi connectivity index (χ2v) is 4.51. The molecule has 0 spiro atoms. The molecule has 1 aromatic heterocycles. The molecule has 0 aliphatic heterocycles. The minimum absolute atomic E-state index is 0.115. The van der Waals surface area contributed by atoms with Crippen molar-refractivity contribution in [3.8, 4) is 0 Å². The second kappa shape index (κ2) is 5.36. The fourth-order valence-corrected chi connectivity index (χ4v) is 2.11. The molecule has 1 heterocycles. The number of aromatic nitrogens is 2. The average Bonchev–Trinajstić information content (AvgIpc) is 2.58. The standard InChI is InChI=1S/C11H9Cl2F3N2/c12-2-1-11-17-8-4-7(14)6(13)3-9(8)18(11)5-10(15)16/h3-4,10H,1-2,5H2. The summed E-state index contributed by atoms with van der Waals surface area (Å²) in [5.41, 5.74) is 0.694. The highest BCUT2D eigenvalue weighted by molar-refractivity contribution is 6.31. The average molecular weight is 297 g/mol. The number of fused-ring (bicyclic) bond motifs is 1. The van der Waals surface area contributed by atoms with Crippen LogP contribution in [0.15, 0.2) is 12.1 Å². The van der Waals surface area contributed by atoms with Gasteiger partial charge in [0.05, 0.1) is 22.6 Å². The fourth-order valence-electron chi connectivity index (χ4n) is 1.79. The molecular formula is C11H9Cl2F3N2. The Morgan fingerprint density at radius 1 is 1.33 bits per heavy atom. The van der Waals surface area contributed by atoms with Gasteiger partial charge in [0.15, 0.2) is 0 Å². The van der Waals surface area contributed by atoms with E-state index < -0.39 is 18.8 Å². The van der Waals surface area contributed by atoms with Crippen molar-refractivity contribution in [2.75, 3.05) is 5.88 Å². The van der Waals surface area contributed by atoms with Crippen molar-refractivity contribution in [1.29, 1.82) is 0 Å². The van der Waals surface area contributed by atoms with Gasteiger partial charge in [-0.25, -0.2) is 18.2 Å². The molecule has 0 unspecified atom stereocenters. The van der Waals surface area contributed by atoms with Crippen LogP contribution in [0.5, 0.6) is 0 Å². The van der Waals surface area contributed by atoms with E-state index in [2.05, 4.69) is 4.98 Å². The molecule has 0 amide bonds. The lowest BCUT2D eigenvalue weighted by Gasteiger charge is -2.07. The third-order valence-corrected chi connectivity index (χ3v) is 2.99. The second-order valence-electron chi connectivity index (χ2n) is 3.72. The smallest absolute Gasteiger partial charge is 0.256 e. The Bertz CT molecular complexity index is 569. The summed E-state index contributed by atoms with van der Waals surface area (Å²) >= 11 is 11.2. The van der Waals surface area contributed by atoms with Crippen molar-refractivity contribution in [2.45, 2.75) is 19.4 Å². The van der Waals surface area contributed by atoms with Gasteiger partial charge >= 0.3 is 0 Å². The van der Waals surface area contributed by atoms with Crippen LogP contribution in [0.4, 0.5) is 13.2 Å². The van der Waals surface area contributed by atoms with Gasteiger partial charge in [0.1, 0.15) is 11.6 Å². The third-order valence-electron chi connectivity index (χ3n) is 2.51. The first kappa shape index (κ1) is 13.5. The van der Waals surface area contributed by atoms with E-state index in [0.717, 1.165) is 6.07 Å². The predicted octanol–water partition coefficient (Wildman–Crippen LogP) is 3.88. The highest BCUT2D eigenvalue weighted by Gasteiger charge is 2.16. The van der Waals surface area contributed by atoms with E-state index in [1.807, 2.05) is 0 Å². The summed E-state index contributed by atoms with van der Waals surface area (Å²) in [5, 5.41) is -0.115. The van der Waals surface area contributed by atoms with Gasteiger partial charge in [0, 0.05) is 18.4 Å². The molecule has 0 atom stereocenters. The predicted molar refractivity (Wildman–Crippen MR) is 65.1 cm³/mol. The number of nitrogens with zero attached hydrogens (tertiary/aromatic N) is 2. The Morgan fingerprint density at radius 2 is 2.06 bits per heavy atom. The van der Waals surface area contributed by atoms with E-state index in [0.29, 0.717) is 23.3 Å². The number of halogens is 5. The largest absolute Gasteiger partial charge is 0.322 e. The number of alkyl halides is 3. The maximum absolute atomic E-state index is 13.3. The number of aryl methyl sites for hydroxylation is 1. The van der Waals surface area contributed by atoms with Crippen molar-refractivity contribution in [2.24, 2.45) is 0 Å². The van der Waals surface area contributed by atoms with Crippen LogP contribution in [0.1, 0.15) is 5.82 Å². The lowest BCUT2D eigenvalue weighted by atomic mass is 10.3. The molecule has 0 N–H and O–H groups in total. The van der Waals surface area contributed by atoms with Gasteiger partial charge in [-0.15, -0.1) is 11.6 Å². The Morgan fingerprint density at radius 3 is 2.67 bits per heavy atom. The third kappa shape index (κ3) is 2.57. The minimum atomic E-state index is -2.53. The zero-order valence-electron chi connectivity index (χ0n) is 9.14. The first-order chi connectivity index (χ1) is 8.52. The molecule has 0 bridgehead atoms. The first-order valence-corrected chi connectivity index (χ1v) is 6.12. The number of rotatable bonds is 4. The van der Waals surface area contributed by atoms with Gasteiger partial charge in [-0.05, 0) is 6.07 Å². The SMILES string of the molecule is Fc1cc2nc(CCCl)n(CC(F)F)c2cc1Cl. The van der Waals surface area contributed by atoms with Crippen LogP contribution in [0.25, 0.3) is 11.0 Å². The van der Waals surface area contributed by atoms with E-state index in [1.54, 1.807) is 0 Å². The normalized spacial score (nSPS) is 11.7. The number of imidazole rings is 1. The molecular weight excluding hydrogens is 288 g/mol. The monoisotopic (exact) mass is 296 g/mol. The van der Waals surface area contributed by atoms with Crippen LogP contribution in [0.3, 0.4) is 0 Å². The van der Waals surface area contributed by atoms with Gasteiger partial charge in [-0.3, -0.25) is 0 Å². The summed E-state index contributed by atoms with van der Waals surface area (Å²) in [4.78, 5) is 4.10. The summed E-state index contributed by atoms with van der Waals surface area (Å²) in [6, 6.07) is 2.44. The first-order valence-electron chi connectivity index (χ1n) is 5.21. The molecule has 0 fully saturated rings. The molecule has 1 aromatic carbocycles. The van der Waals surface area contributed by atoms with Crippen molar-refractivity contribution in [1.82, 2.24) is 9.55 Å². The minimum Gasteiger partial charge on any atom is -0.322 e. The molecule has 98 valence electrons. The molecule has 0 saturated carbocycles. The van der Waals surface area contributed by atoms with Gasteiger partial charge in [-0.1, -0.05) is 11.6 Å². The van der Waals surface area contributed by atoms with Crippen LogP contribution in [0, 0.1) is 5.82 Å². The number of benzene rings is 1. The summed E-state index contributed by atoms with van der Waals surface area (Å²) < 4.78 is 39.7. The zero-order valence-corrected chi connectivity index (χ0v) is 10.6. The Labute approximate surface area is 111 Å². The van der Waals surface area contributed by atoms with E-state index in [4.69, 9.17) is 23.2 Å². The molecule has 2 rings (SSSR count). The number of hydrogen-bond acceptors (Lipinski definition) is 1. The van der Waals surface area contributed by atoms with Crippen LogP contribution in [-0.2, 0) is 13.0 Å². The van der Waals surface area contributed by atoms with Crippen molar-refractivity contribution < 1.29 is 13.2 Å². The molecule has 0 saturated heterocycles. The van der Waals surface area contributed by atoms with Crippen LogP contribution in [-0.4, -0.2) is 21.9 Å². The molecule has 2 nitrogen and oxygen atoms in total. The van der Waals surface area contributed by atoms with Crippen LogP contribution in [0.2, 0.25) is 5.02 Å². The van der Waals surface area contributed by atoms with Gasteiger partial charge in [0.2, 0.25) is 0 Å². The van der Waals surface area contributed by atoms with E-state index in [9.17, 15) is 13.2 Å². The topological polar surface area (TPSA) is 17.8 Å². The Balaban J connectivity index is 2.60. The molecule has 7 heteroatoms. The van der Waals surface area contributed by atoms with Crippen LogP contribution >= 0.6 is 23.2 Å². The summed E-state index contributed by atoms with van der Waals surface area (Å²) in [7, 11) is 0. The summed E-state index contributed by atoms with van der Waals surface area (Å²) in [6.07, 6.45) is -2.19. The lowest BCUT2D eigenvalue weighted by Crippen LogP contribution is -2.10. The van der Waals surface area contributed by atoms with Crippen LogP contribution < -0.4 is 0 Å². The molecule has 0 radical (unpaired) electrons. The van der Waals surface area contributed by atoms with Crippen molar-refractivity contribution >= 4 is 34.2 Å². The highest BCUT2D eigenvalue weighted by Crippen LogP contribution is 2.25. The van der Waals surface area contributed by atoms with Crippen molar-refractivity contribution in [3.63, 3.8) is 0 Å². The quantitative estimate of drug-likeness (QED) is 0.783. The van der Waals surface area contributed by atoms with E-state index in [-0.39, 0.29) is 10.9 Å². The van der Waals surface area contributed by atoms with Crippen molar-refractivity contribution in [3.05, 3.63) is 28.8 Å².